The van der Waals surface area contributed by atoms with Crippen LogP contribution in [-0.2, 0) is 9.84 Å². The van der Waals surface area contributed by atoms with Gasteiger partial charge in [-0.1, -0.05) is 0 Å². The molecule has 1 aromatic carbocycles. The van der Waals surface area contributed by atoms with Crippen molar-refractivity contribution in [3.63, 3.8) is 0 Å². The van der Waals surface area contributed by atoms with Crippen molar-refractivity contribution in [3.8, 4) is 0 Å². The third kappa shape index (κ3) is 1.66. The fourth-order valence-electron chi connectivity index (χ4n) is 2.74. The molecule has 0 aliphatic carbocycles. The number of allylic oxidation sites excluding steroid dienone is 2. The maximum absolute atomic E-state index is 12.7. The van der Waals surface area contributed by atoms with Crippen LogP contribution in [0.15, 0.2) is 15.5 Å². The monoisotopic (exact) mass is 279 g/mol. The van der Waals surface area contributed by atoms with Crippen LogP contribution in [0.4, 0.5) is 5.69 Å². The Balaban J connectivity index is 3.05. The smallest absolute Gasteiger partial charge is 0.206 e. The second kappa shape index (κ2) is 4.10. The van der Waals surface area contributed by atoms with Crippen LogP contribution in [0.25, 0.3) is 0 Å². The molecule has 0 N–H and O–H groups in total. The SMILES string of the molecule is CC1=C(C)S(=O)(=O)c2c(C)c(C)c(C)c(C)c2N1C. The van der Waals surface area contributed by atoms with Gasteiger partial charge in [0.05, 0.1) is 15.5 Å². The predicted molar refractivity (Wildman–Crippen MR) is 79.4 cm³/mol. The molecule has 3 nitrogen and oxygen atoms in total. The van der Waals surface area contributed by atoms with Gasteiger partial charge in [0.1, 0.15) is 0 Å². The summed E-state index contributed by atoms with van der Waals surface area (Å²) in [6.07, 6.45) is 0. The van der Waals surface area contributed by atoms with E-state index in [1.165, 1.54) is 5.56 Å². The quantitative estimate of drug-likeness (QED) is 0.730. The normalized spacial score (nSPS) is 17.7. The summed E-state index contributed by atoms with van der Waals surface area (Å²) in [5, 5.41) is 0. The van der Waals surface area contributed by atoms with Crippen LogP contribution in [-0.4, -0.2) is 15.5 Å². The highest BCUT2D eigenvalue weighted by Gasteiger charge is 2.34. The highest BCUT2D eigenvalue weighted by Crippen LogP contribution is 2.44. The molecule has 4 heteroatoms. The fraction of sp³-hybridized carbons (Fsp3) is 0.467. The number of nitrogens with zero attached hydrogens (tertiary/aromatic N) is 1. The molecule has 1 heterocycles. The van der Waals surface area contributed by atoms with Crippen LogP contribution in [0.5, 0.6) is 0 Å². The van der Waals surface area contributed by atoms with Crippen LogP contribution in [0.2, 0.25) is 0 Å². The fourth-order valence-corrected chi connectivity index (χ4v) is 4.68. The van der Waals surface area contributed by atoms with Gasteiger partial charge in [-0.3, -0.25) is 0 Å². The van der Waals surface area contributed by atoms with E-state index >= 15 is 0 Å². The van der Waals surface area contributed by atoms with E-state index in [2.05, 4.69) is 6.92 Å². The Hall–Kier alpha value is -1.29. The standard InChI is InChI=1S/C15H21NO2S/c1-8-9(2)11(4)15-14(10(8)3)16(7)12(5)13(6)19(15,17)18/h1-7H3. The van der Waals surface area contributed by atoms with Gasteiger partial charge in [-0.25, -0.2) is 8.42 Å². The van der Waals surface area contributed by atoms with Crippen molar-refractivity contribution in [2.45, 2.75) is 46.4 Å². The molecule has 0 spiro atoms. The Bertz CT molecular complexity index is 712. The molecule has 19 heavy (non-hydrogen) atoms. The van der Waals surface area contributed by atoms with E-state index in [-0.39, 0.29) is 0 Å². The lowest BCUT2D eigenvalue weighted by molar-refractivity contribution is 0.599. The summed E-state index contributed by atoms with van der Waals surface area (Å²) in [7, 11) is -1.42. The lowest BCUT2D eigenvalue weighted by atomic mass is 9.96. The predicted octanol–water partition coefficient (Wildman–Crippen LogP) is 3.40. The number of hydrogen-bond acceptors (Lipinski definition) is 3. The van der Waals surface area contributed by atoms with Crippen molar-refractivity contribution in [1.29, 1.82) is 0 Å². The molecular weight excluding hydrogens is 258 g/mol. The van der Waals surface area contributed by atoms with Gasteiger partial charge in [0.15, 0.2) is 0 Å². The Morgan fingerprint density at radius 3 is 1.79 bits per heavy atom. The molecule has 0 atom stereocenters. The molecule has 1 aliphatic rings. The summed E-state index contributed by atoms with van der Waals surface area (Å²) in [4.78, 5) is 2.94. The summed E-state index contributed by atoms with van der Waals surface area (Å²) in [5.74, 6) is 0. The minimum Gasteiger partial charge on any atom is -0.346 e. The van der Waals surface area contributed by atoms with Gasteiger partial charge in [-0.05, 0) is 63.8 Å². The summed E-state index contributed by atoms with van der Waals surface area (Å²) in [6, 6.07) is 0. The second-order valence-electron chi connectivity index (χ2n) is 5.38. The van der Waals surface area contributed by atoms with Crippen molar-refractivity contribution in [2.75, 3.05) is 11.9 Å². The molecule has 0 radical (unpaired) electrons. The van der Waals surface area contributed by atoms with Crippen molar-refractivity contribution in [2.24, 2.45) is 0 Å². The third-order valence-electron chi connectivity index (χ3n) is 4.62. The van der Waals surface area contributed by atoms with E-state index in [0.29, 0.717) is 9.80 Å². The second-order valence-corrected chi connectivity index (χ2v) is 7.41. The third-order valence-corrected chi connectivity index (χ3v) is 6.76. The van der Waals surface area contributed by atoms with Gasteiger partial charge >= 0.3 is 0 Å². The topological polar surface area (TPSA) is 37.4 Å². The first-order valence-electron chi connectivity index (χ1n) is 6.39. The number of fused-ring (bicyclic) bond motifs is 1. The molecule has 0 saturated carbocycles. The van der Waals surface area contributed by atoms with Crippen LogP contribution in [0.1, 0.15) is 36.1 Å². The van der Waals surface area contributed by atoms with Crippen molar-refractivity contribution >= 4 is 15.5 Å². The lowest BCUT2D eigenvalue weighted by Crippen LogP contribution is -2.28. The zero-order chi connectivity index (χ0) is 14.7. The average molecular weight is 279 g/mol. The summed E-state index contributed by atoms with van der Waals surface area (Å²) >= 11 is 0. The number of rotatable bonds is 0. The van der Waals surface area contributed by atoms with Gasteiger partial charge in [0, 0.05) is 12.7 Å². The molecule has 2 rings (SSSR count). The summed E-state index contributed by atoms with van der Waals surface area (Å²) < 4.78 is 25.4. The highest BCUT2D eigenvalue weighted by atomic mass is 32.2. The number of hydrogen-bond donors (Lipinski definition) is 0. The Labute approximate surface area is 115 Å². The van der Waals surface area contributed by atoms with Gasteiger partial charge in [0.2, 0.25) is 9.84 Å². The number of benzene rings is 1. The van der Waals surface area contributed by atoms with E-state index < -0.39 is 9.84 Å². The zero-order valence-electron chi connectivity index (χ0n) is 12.7. The first kappa shape index (κ1) is 14.1. The van der Waals surface area contributed by atoms with Gasteiger partial charge in [-0.2, -0.15) is 0 Å². The Morgan fingerprint density at radius 2 is 1.26 bits per heavy atom. The lowest BCUT2D eigenvalue weighted by Gasteiger charge is -2.33. The minimum absolute atomic E-state index is 0.452. The molecule has 0 fully saturated rings. The Morgan fingerprint density at radius 1 is 0.789 bits per heavy atom. The average Bonchev–Trinajstić information content (AvgIpc) is 2.35. The summed E-state index contributed by atoms with van der Waals surface area (Å²) in [5.41, 5.74) is 5.81. The minimum atomic E-state index is -3.36. The Kier molecular flexibility index (Phi) is 3.05. The molecule has 0 saturated heterocycles. The zero-order valence-corrected chi connectivity index (χ0v) is 13.5. The van der Waals surface area contributed by atoms with E-state index in [0.717, 1.165) is 28.1 Å². The maximum Gasteiger partial charge on any atom is 0.206 e. The largest absolute Gasteiger partial charge is 0.346 e. The van der Waals surface area contributed by atoms with Gasteiger partial charge in [0.25, 0.3) is 0 Å². The number of anilines is 1. The summed E-state index contributed by atoms with van der Waals surface area (Å²) in [6.45, 7) is 11.5. The van der Waals surface area contributed by atoms with E-state index in [1.54, 1.807) is 6.92 Å². The van der Waals surface area contributed by atoms with Crippen molar-refractivity contribution in [1.82, 2.24) is 0 Å². The molecule has 0 unspecified atom stereocenters. The highest BCUT2D eigenvalue weighted by molar-refractivity contribution is 7.95. The molecule has 104 valence electrons. The van der Waals surface area contributed by atoms with Crippen LogP contribution >= 0.6 is 0 Å². The van der Waals surface area contributed by atoms with E-state index in [9.17, 15) is 8.42 Å². The van der Waals surface area contributed by atoms with E-state index in [1.807, 2.05) is 39.6 Å². The molecular formula is C15H21NO2S. The molecule has 1 aromatic rings. The van der Waals surface area contributed by atoms with Crippen LogP contribution < -0.4 is 4.90 Å². The van der Waals surface area contributed by atoms with Gasteiger partial charge < -0.3 is 4.90 Å². The molecule has 0 aromatic heterocycles. The van der Waals surface area contributed by atoms with Crippen LogP contribution in [0.3, 0.4) is 0 Å². The molecule has 1 aliphatic heterocycles. The maximum atomic E-state index is 12.7. The molecule has 0 amide bonds. The molecule has 0 bridgehead atoms. The first-order chi connectivity index (χ1) is 8.62. The van der Waals surface area contributed by atoms with Crippen LogP contribution in [0, 0.1) is 27.7 Å². The van der Waals surface area contributed by atoms with Crippen molar-refractivity contribution in [3.05, 3.63) is 32.9 Å². The van der Waals surface area contributed by atoms with Gasteiger partial charge in [-0.15, -0.1) is 0 Å². The number of sulfone groups is 1. The van der Waals surface area contributed by atoms with E-state index in [4.69, 9.17) is 0 Å². The first-order valence-corrected chi connectivity index (χ1v) is 7.87. The van der Waals surface area contributed by atoms with Crippen molar-refractivity contribution < 1.29 is 8.42 Å².